The number of thiophene rings is 1. The van der Waals surface area contributed by atoms with Crippen LogP contribution in [0.3, 0.4) is 0 Å². The molecule has 3 aromatic rings. The smallest absolute Gasteiger partial charge is 0.255 e. The zero-order valence-electron chi connectivity index (χ0n) is 17.2. The molecule has 0 unspecified atom stereocenters. The van der Waals surface area contributed by atoms with Crippen molar-refractivity contribution in [2.24, 2.45) is 0 Å². The van der Waals surface area contributed by atoms with Gasteiger partial charge in [0.25, 0.3) is 15.9 Å². The van der Waals surface area contributed by atoms with Crippen molar-refractivity contribution in [3.05, 3.63) is 66.2 Å². The Balaban J connectivity index is 1.47. The lowest BCUT2D eigenvalue weighted by molar-refractivity contribution is 0.102. The van der Waals surface area contributed by atoms with E-state index in [-0.39, 0.29) is 5.91 Å². The number of rotatable bonds is 6. The van der Waals surface area contributed by atoms with E-state index >= 15 is 0 Å². The quantitative estimate of drug-likeness (QED) is 0.575. The Bertz CT molecular complexity index is 1160. The first-order chi connectivity index (χ1) is 15.0. The molecule has 8 heteroatoms. The van der Waals surface area contributed by atoms with E-state index in [1.165, 1.54) is 11.3 Å². The average Bonchev–Trinajstić information content (AvgIpc) is 3.31. The molecule has 0 radical (unpaired) electrons. The van der Waals surface area contributed by atoms with Crippen molar-refractivity contribution in [1.82, 2.24) is 4.31 Å². The fourth-order valence-corrected chi connectivity index (χ4v) is 6.52. The van der Waals surface area contributed by atoms with Gasteiger partial charge in [-0.15, -0.1) is 11.3 Å². The molecule has 1 aromatic heterocycles. The van der Waals surface area contributed by atoms with Gasteiger partial charge >= 0.3 is 0 Å². The topological polar surface area (TPSA) is 75.7 Å². The number of anilines is 1. The highest BCUT2D eigenvalue weighted by molar-refractivity contribution is 7.91. The summed E-state index contributed by atoms with van der Waals surface area (Å²) in [4.78, 5) is 13.4. The summed E-state index contributed by atoms with van der Waals surface area (Å²) in [5.41, 5.74) is 2.05. The summed E-state index contributed by atoms with van der Waals surface area (Å²) in [6.07, 6.45) is 2.91. The van der Waals surface area contributed by atoms with E-state index in [0.29, 0.717) is 34.3 Å². The van der Waals surface area contributed by atoms with E-state index in [4.69, 9.17) is 4.74 Å². The molecule has 0 atom stereocenters. The lowest BCUT2D eigenvalue weighted by Gasteiger charge is -2.25. The van der Waals surface area contributed by atoms with Crippen molar-refractivity contribution < 1.29 is 17.9 Å². The molecular weight excluding hydrogens is 432 g/mol. The van der Waals surface area contributed by atoms with Gasteiger partial charge in [-0.3, -0.25) is 4.79 Å². The van der Waals surface area contributed by atoms with Gasteiger partial charge in [0, 0.05) is 35.3 Å². The number of methoxy groups -OCH3 is 1. The monoisotopic (exact) mass is 456 g/mol. The highest BCUT2D eigenvalue weighted by atomic mass is 32.2. The van der Waals surface area contributed by atoms with Gasteiger partial charge in [-0.1, -0.05) is 24.6 Å². The maximum Gasteiger partial charge on any atom is 0.255 e. The lowest BCUT2D eigenvalue weighted by atomic mass is 10.1. The number of benzene rings is 2. The van der Waals surface area contributed by atoms with Gasteiger partial charge in [-0.2, -0.15) is 4.31 Å². The maximum atomic E-state index is 12.9. The average molecular weight is 457 g/mol. The summed E-state index contributed by atoms with van der Waals surface area (Å²) < 4.78 is 32.9. The van der Waals surface area contributed by atoms with Crippen molar-refractivity contribution in [3.8, 4) is 16.2 Å². The van der Waals surface area contributed by atoms with Crippen molar-refractivity contribution in [2.45, 2.75) is 23.5 Å². The summed E-state index contributed by atoms with van der Waals surface area (Å²) in [6.45, 7) is 1.18. The molecule has 1 aliphatic heterocycles. The highest BCUT2D eigenvalue weighted by Crippen LogP contribution is 2.33. The third kappa shape index (κ3) is 4.81. The van der Waals surface area contributed by atoms with Crippen LogP contribution in [-0.4, -0.2) is 38.8 Å². The Morgan fingerprint density at radius 2 is 1.74 bits per heavy atom. The van der Waals surface area contributed by atoms with Crippen LogP contribution in [0.15, 0.2) is 64.9 Å². The minimum atomic E-state index is -3.43. The second-order valence-electron chi connectivity index (χ2n) is 7.35. The summed E-state index contributed by atoms with van der Waals surface area (Å²) in [7, 11) is -1.86. The first-order valence-corrected chi connectivity index (χ1v) is 12.4. The van der Waals surface area contributed by atoms with E-state index in [0.717, 1.165) is 29.7 Å². The third-order valence-corrected chi connectivity index (χ3v) is 8.75. The SMILES string of the molecule is COc1cccc(NC(=O)c2ccc(-c3ccc(S(=O)(=O)N4CCCCC4)s3)cc2)c1. The van der Waals surface area contributed by atoms with E-state index in [1.54, 1.807) is 41.7 Å². The van der Waals surface area contributed by atoms with Crippen LogP contribution >= 0.6 is 11.3 Å². The molecule has 162 valence electrons. The van der Waals surface area contributed by atoms with Crippen LogP contribution in [-0.2, 0) is 10.0 Å². The molecule has 0 aliphatic carbocycles. The number of piperidine rings is 1. The van der Waals surface area contributed by atoms with Crippen LogP contribution in [0.2, 0.25) is 0 Å². The summed E-state index contributed by atoms with van der Waals surface area (Å²) in [6, 6.07) is 17.8. The second-order valence-corrected chi connectivity index (χ2v) is 10.6. The number of amides is 1. The summed E-state index contributed by atoms with van der Waals surface area (Å²) in [5.74, 6) is 0.445. The highest BCUT2D eigenvalue weighted by Gasteiger charge is 2.27. The van der Waals surface area contributed by atoms with Gasteiger partial charge in [-0.25, -0.2) is 8.42 Å². The van der Waals surface area contributed by atoms with Crippen LogP contribution < -0.4 is 10.1 Å². The largest absolute Gasteiger partial charge is 0.497 e. The molecule has 2 heterocycles. The zero-order valence-corrected chi connectivity index (χ0v) is 18.8. The van der Waals surface area contributed by atoms with E-state index in [1.807, 2.05) is 30.3 Å². The molecule has 6 nitrogen and oxygen atoms in total. The minimum absolute atomic E-state index is 0.223. The molecule has 0 spiro atoms. The maximum absolute atomic E-state index is 12.9. The van der Waals surface area contributed by atoms with E-state index < -0.39 is 10.0 Å². The Hall–Kier alpha value is -2.68. The van der Waals surface area contributed by atoms with Crippen LogP contribution in [0, 0.1) is 0 Å². The number of carbonyl (C=O) groups is 1. The van der Waals surface area contributed by atoms with Crippen LogP contribution in [0.25, 0.3) is 10.4 Å². The Morgan fingerprint density at radius 3 is 2.45 bits per heavy atom. The third-order valence-electron chi connectivity index (χ3n) is 5.25. The number of hydrogen-bond donors (Lipinski definition) is 1. The Morgan fingerprint density at radius 1 is 1.00 bits per heavy atom. The van der Waals surface area contributed by atoms with Crippen LogP contribution in [0.1, 0.15) is 29.6 Å². The molecule has 1 fully saturated rings. The zero-order chi connectivity index (χ0) is 21.8. The minimum Gasteiger partial charge on any atom is -0.497 e. The molecular formula is C23H24N2O4S2. The molecule has 0 bridgehead atoms. The predicted octanol–water partition coefficient (Wildman–Crippen LogP) is 4.85. The van der Waals surface area contributed by atoms with Crippen molar-refractivity contribution in [2.75, 3.05) is 25.5 Å². The number of ether oxygens (including phenoxy) is 1. The fraction of sp³-hybridized carbons (Fsp3) is 0.261. The van der Waals surface area contributed by atoms with Gasteiger partial charge in [-0.05, 0) is 54.8 Å². The molecule has 1 N–H and O–H groups in total. The number of hydrogen-bond acceptors (Lipinski definition) is 5. The fourth-order valence-electron chi connectivity index (χ4n) is 3.54. The van der Waals surface area contributed by atoms with Gasteiger partial charge < -0.3 is 10.1 Å². The van der Waals surface area contributed by atoms with Gasteiger partial charge in [0.1, 0.15) is 9.96 Å². The van der Waals surface area contributed by atoms with Gasteiger partial charge in [0.2, 0.25) is 0 Å². The first kappa shape index (κ1) is 21.5. The number of carbonyl (C=O) groups excluding carboxylic acids is 1. The normalized spacial score (nSPS) is 14.9. The standard InChI is InChI=1S/C23H24N2O4S2/c1-29-20-7-5-6-19(16-20)24-23(26)18-10-8-17(9-11-18)21-12-13-22(30-21)31(27,28)25-14-3-2-4-15-25/h5-13,16H,2-4,14-15H2,1H3,(H,24,26). The number of nitrogens with zero attached hydrogens (tertiary/aromatic N) is 1. The molecule has 1 aliphatic rings. The van der Waals surface area contributed by atoms with Crippen LogP contribution in [0.4, 0.5) is 5.69 Å². The molecule has 31 heavy (non-hydrogen) atoms. The summed E-state index contributed by atoms with van der Waals surface area (Å²) >= 11 is 1.26. The Kier molecular flexibility index (Phi) is 6.41. The van der Waals surface area contributed by atoms with Crippen molar-refractivity contribution in [1.29, 1.82) is 0 Å². The first-order valence-electron chi connectivity index (χ1n) is 10.1. The molecule has 4 rings (SSSR count). The van der Waals surface area contributed by atoms with E-state index in [2.05, 4.69) is 5.32 Å². The number of nitrogens with one attached hydrogen (secondary N) is 1. The van der Waals surface area contributed by atoms with Gasteiger partial charge in [0.15, 0.2) is 0 Å². The summed E-state index contributed by atoms with van der Waals surface area (Å²) in [5, 5.41) is 2.85. The van der Waals surface area contributed by atoms with Gasteiger partial charge in [0.05, 0.1) is 7.11 Å². The van der Waals surface area contributed by atoms with Crippen molar-refractivity contribution >= 4 is 33.0 Å². The number of sulfonamides is 1. The predicted molar refractivity (Wildman–Crippen MR) is 123 cm³/mol. The second kappa shape index (κ2) is 9.21. The molecule has 1 amide bonds. The molecule has 0 saturated carbocycles. The van der Waals surface area contributed by atoms with Crippen LogP contribution in [0.5, 0.6) is 5.75 Å². The van der Waals surface area contributed by atoms with E-state index in [9.17, 15) is 13.2 Å². The van der Waals surface area contributed by atoms with Crippen molar-refractivity contribution in [3.63, 3.8) is 0 Å². The lowest BCUT2D eigenvalue weighted by Crippen LogP contribution is -2.35. The molecule has 2 aromatic carbocycles. The Labute approximate surface area is 186 Å². The molecule has 1 saturated heterocycles.